The molecular formula is C22H24FNO3. The second-order valence-corrected chi connectivity index (χ2v) is 7.09. The van der Waals surface area contributed by atoms with Crippen LogP contribution < -0.4 is 0 Å². The van der Waals surface area contributed by atoms with Gasteiger partial charge in [-0.1, -0.05) is 36.4 Å². The van der Waals surface area contributed by atoms with Crippen molar-refractivity contribution < 1.29 is 19.1 Å². The lowest BCUT2D eigenvalue weighted by Crippen LogP contribution is -2.43. The zero-order valence-electron chi connectivity index (χ0n) is 15.2. The first-order valence-electron chi connectivity index (χ1n) is 9.35. The van der Waals surface area contributed by atoms with Gasteiger partial charge in [-0.2, -0.15) is 0 Å². The quantitative estimate of drug-likeness (QED) is 0.848. The third-order valence-corrected chi connectivity index (χ3v) is 5.10. The van der Waals surface area contributed by atoms with Crippen molar-refractivity contribution in [3.8, 4) is 5.75 Å². The Kier molecular flexibility index (Phi) is 6.22. The Hall–Kier alpha value is -2.69. The Morgan fingerprint density at radius 2 is 1.89 bits per heavy atom. The fraction of sp³-hybridized carbons (Fsp3) is 0.364. The number of hydrogen-bond donors (Lipinski definition) is 1. The average Bonchev–Trinajstić information content (AvgIpc) is 2.70. The van der Waals surface area contributed by atoms with Crippen molar-refractivity contribution >= 4 is 11.7 Å². The third kappa shape index (κ3) is 5.16. The number of ketones is 1. The average molecular weight is 369 g/mol. The zero-order chi connectivity index (χ0) is 19.2. The number of aromatic hydroxyl groups is 1. The normalized spacial score (nSPS) is 16.9. The van der Waals surface area contributed by atoms with Crippen molar-refractivity contribution in [3.05, 3.63) is 65.5 Å². The lowest BCUT2D eigenvalue weighted by atomic mass is 9.90. The van der Waals surface area contributed by atoms with Crippen LogP contribution in [0.2, 0.25) is 0 Å². The number of carbonyl (C=O) groups is 2. The molecule has 142 valence electrons. The smallest absolute Gasteiger partial charge is 0.227 e. The molecule has 2 aromatic carbocycles. The summed E-state index contributed by atoms with van der Waals surface area (Å²) in [5.41, 5.74) is 1.66. The van der Waals surface area contributed by atoms with E-state index in [4.69, 9.17) is 0 Å². The first kappa shape index (κ1) is 19.1. The molecule has 0 unspecified atom stereocenters. The second kappa shape index (κ2) is 8.80. The summed E-state index contributed by atoms with van der Waals surface area (Å²) in [5, 5.41) is 9.25. The van der Waals surface area contributed by atoms with E-state index in [0.29, 0.717) is 25.1 Å². The van der Waals surface area contributed by atoms with Gasteiger partial charge in [0.05, 0.1) is 6.42 Å². The number of benzene rings is 2. The van der Waals surface area contributed by atoms with Crippen molar-refractivity contribution in [1.82, 2.24) is 4.90 Å². The monoisotopic (exact) mass is 369 g/mol. The van der Waals surface area contributed by atoms with Gasteiger partial charge in [-0.25, -0.2) is 4.39 Å². The summed E-state index contributed by atoms with van der Waals surface area (Å²) >= 11 is 0. The fourth-order valence-electron chi connectivity index (χ4n) is 3.53. The molecule has 5 heteroatoms. The molecule has 1 atom stereocenters. The summed E-state index contributed by atoms with van der Waals surface area (Å²) in [5.74, 6) is -1.18. The van der Waals surface area contributed by atoms with E-state index in [1.165, 1.54) is 12.1 Å². The molecule has 0 aliphatic carbocycles. The van der Waals surface area contributed by atoms with Crippen LogP contribution in [0.3, 0.4) is 0 Å². The number of Topliss-reactive ketones (excluding diaryl/α,β-unsaturated/α-hetero) is 1. The Morgan fingerprint density at radius 3 is 2.63 bits per heavy atom. The number of piperidine rings is 1. The van der Waals surface area contributed by atoms with Crippen molar-refractivity contribution in [2.75, 3.05) is 13.1 Å². The molecule has 0 bridgehead atoms. The number of amides is 1. The van der Waals surface area contributed by atoms with E-state index >= 15 is 0 Å². The number of aryl methyl sites for hydroxylation is 1. The molecule has 1 aliphatic heterocycles. The maximum Gasteiger partial charge on any atom is 0.227 e. The van der Waals surface area contributed by atoms with Gasteiger partial charge < -0.3 is 10.0 Å². The maximum atomic E-state index is 13.4. The molecule has 0 spiro atoms. The van der Waals surface area contributed by atoms with Gasteiger partial charge in [-0.15, -0.1) is 0 Å². The number of phenols is 1. The summed E-state index contributed by atoms with van der Waals surface area (Å²) in [6.45, 7) is 1.06. The number of rotatable bonds is 6. The predicted molar refractivity (Wildman–Crippen MR) is 101 cm³/mol. The van der Waals surface area contributed by atoms with Crippen molar-refractivity contribution in [1.29, 1.82) is 0 Å². The number of phenolic OH excluding ortho intramolecular Hbond substituents is 1. The lowest BCUT2D eigenvalue weighted by molar-refractivity contribution is -0.134. The number of likely N-dealkylation sites (tertiary alicyclic amines) is 1. The molecule has 1 amide bonds. The summed E-state index contributed by atoms with van der Waals surface area (Å²) in [6.07, 6.45) is 2.89. The topological polar surface area (TPSA) is 57.6 Å². The van der Waals surface area contributed by atoms with Crippen LogP contribution in [0, 0.1) is 11.7 Å². The van der Waals surface area contributed by atoms with E-state index in [9.17, 15) is 19.1 Å². The minimum Gasteiger partial charge on any atom is -0.505 e. The highest BCUT2D eigenvalue weighted by Gasteiger charge is 2.28. The highest BCUT2D eigenvalue weighted by atomic mass is 19.1. The van der Waals surface area contributed by atoms with Gasteiger partial charge in [0.15, 0.2) is 11.6 Å². The largest absolute Gasteiger partial charge is 0.505 e. The Morgan fingerprint density at radius 1 is 1.11 bits per heavy atom. The molecule has 0 saturated carbocycles. The molecule has 0 aromatic heterocycles. The zero-order valence-corrected chi connectivity index (χ0v) is 15.2. The van der Waals surface area contributed by atoms with E-state index in [-0.39, 0.29) is 24.0 Å². The molecule has 1 saturated heterocycles. The van der Waals surface area contributed by atoms with Gasteiger partial charge in [0.2, 0.25) is 5.91 Å². The van der Waals surface area contributed by atoms with E-state index in [1.54, 1.807) is 11.0 Å². The van der Waals surface area contributed by atoms with Gasteiger partial charge in [0.1, 0.15) is 5.78 Å². The third-order valence-electron chi connectivity index (χ3n) is 5.10. The number of nitrogens with zero attached hydrogens (tertiary/aromatic N) is 1. The van der Waals surface area contributed by atoms with Crippen LogP contribution in [0.15, 0.2) is 48.5 Å². The summed E-state index contributed by atoms with van der Waals surface area (Å²) in [6, 6.07) is 13.9. The molecule has 2 aromatic rings. The highest BCUT2D eigenvalue weighted by molar-refractivity contribution is 5.83. The molecule has 1 aliphatic rings. The Balaban J connectivity index is 1.54. The van der Waals surface area contributed by atoms with Crippen LogP contribution in [-0.2, 0) is 22.4 Å². The summed E-state index contributed by atoms with van der Waals surface area (Å²) < 4.78 is 13.4. The standard InChI is InChI=1S/C22H24FNO3/c23-19-13-17(9-11-21(19)26)14-22(27)24-12-4-7-18(15-24)20(25)10-8-16-5-2-1-3-6-16/h1-3,5-6,9,11,13,18,26H,4,7-8,10,12,14-15H2/t18-/m1/s1. The number of halogens is 1. The molecule has 27 heavy (non-hydrogen) atoms. The number of carbonyl (C=O) groups excluding carboxylic acids is 2. The molecular weight excluding hydrogens is 345 g/mol. The van der Waals surface area contributed by atoms with Gasteiger partial charge >= 0.3 is 0 Å². The first-order valence-corrected chi connectivity index (χ1v) is 9.35. The predicted octanol–water partition coefficient (Wildman–Crippen LogP) is 3.51. The van der Waals surface area contributed by atoms with E-state index in [0.717, 1.165) is 24.8 Å². The van der Waals surface area contributed by atoms with Crippen molar-refractivity contribution in [2.45, 2.75) is 32.1 Å². The van der Waals surface area contributed by atoms with Crippen molar-refractivity contribution in [3.63, 3.8) is 0 Å². The summed E-state index contributed by atoms with van der Waals surface area (Å²) in [4.78, 5) is 26.8. The minimum absolute atomic E-state index is 0.0716. The number of hydrogen-bond acceptors (Lipinski definition) is 3. The van der Waals surface area contributed by atoms with E-state index in [1.807, 2.05) is 30.3 Å². The first-order chi connectivity index (χ1) is 13.0. The molecule has 4 nitrogen and oxygen atoms in total. The summed E-state index contributed by atoms with van der Waals surface area (Å²) in [7, 11) is 0. The van der Waals surface area contributed by atoms with Crippen LogP contribution in [0.1, 0.15) is 30.4 Å². The SMILES string of the molecule is O=C(CCc1ccccc1)[C@@H]1CCCN(C(=O)Cc2ccc(O)c(F)c2)C1. The molecule has 1 fully saturated rings. The van der Waals surface area contributed by atoms with E-state index in [2.05, 4.69) is 0 Å². The molecule has 0 radical (unpaired) electrons. The Labute approximate surface area is 158 Å². The van der Waals surface area contributed by atoms with Gasteiger partial charge in [-0.3, -0.25) is 9.59 Å². The maximum absolute atomic E-state index is 13.4. The van der Waals surface area contributed by atoms with Gasteiger partial charge in [0, 0.05) is 25.4 Å². The van der Waals surface area contributed by atoms with Crippen LogP contribution in [-0.4, -0.2) is 34.8 Å². The van der Waals surface area contributed by atoms with Crippen LogP contribution >= 0.6 is 0 Å². The lowest BCUT2D eigenvalue weighted by Gasteiger charge is -2.32. The van der Waals surface area contributed by atoms with E-state index < -0.39 is 11.6 Å². The van der Waals surface area contributed by atoms with Crippen LogP contribution in [0.4, 0.5) is 4.39 Å². The van der Waals surface area contributed by atoms with Crippen LogP contribution in [0.5, 0.6) is 5.75 Å². The highest BCUT2D eigenvalue weighted by Crippen LogP contribution is 2.22. The van der Waals surface area contributed by atoms with Gasteiger partial charge in [0.25, 0.3) is 0 Å². The molecule has 1 N–H and O–H groups in total. The molecule has 3 rings (SSSR count). The van der Waals surface area contributed by atoms with Gasteiger partial charge in [-0.05, 0) is 42.5 Å². The molecule has 1 heterocycles. The van der Waals surface area contributed by atoms with Crippen LogP contribution in [0.25, 0.3) is 0 Å². The Bertz CT molecular complexity index is 806. The fourth-order valence-corrected chi connectivity index (χ4v) is 3.53. The van der Waals surface area contributed by atoms with Crippen molar-refractivity contribution in [2.24, 2.45) is 5.92 Å². The second-order valence-electron chi connectivity index (χ2n) is 7.09. The minimum atomic E-state index is -0.729.